The first-order valence-electron chi connectivity index (χ1n) is 11.5. The Labute approximate surface area is 188 Å². The van der Waals surface area contributed by atoms with Crippen molar-refractivity contribution in [3.8, 4) is 11.3 Å². The number of furan rings is 1. The zero-order valence-corrected chi connectivity index (χ0v) is 19.1. The molecule has 8 heteroatoms. The second-order valence-electron chi connectivity index (χ2n) is 8.80. The first kappa shape index (κ1) is 22.5. The lowest BCUT2D eigenvalue weighted by molar-refractivity contribution is 0.157. The predicted molar refractivity (Wildman–Crippen MR) is 126 cm³/mol. The molecular formula is C24H33N5O3. The number of nitrogens with one attached hydrogen (secondary N) is 2. The SMILES string of the molecule is CCCCCNc1nc(C)c(-c2cc3cc(C)ncc3o2)c(N[C@@H]2C[C@H](CO)C[C@H]2O)n1. The zero-order chi connectivity index (χ0) is 22.7. The number of rotatable bonds is 9. The van der Waals surface area contributed by atoms with Gasteiger partial charge < -0.3 is 25.3 Å². The van der Waals surface area contributed by atoms with E-state index in [0.717, 1.165) is 48.1 Å². The van der Waals surface area contributed by atoms with Crippen molar-refractivity contribution < 1.29 is 14.6 Å². The van der Waals surface area contributed by atoms with E-state index < -0.39 is 6.10 Å². The second-order valence-corrected chi connectivity index (χ2v) is 8.80. The number of pyridine rings is 1. The van der Waals surface area contributed by atoms with Crippen LogP contribution in [0.25, 0.3) is 22.3 Å². The highest BCUT2D eigenvalue weighted by Crippen LogP contribution is 2.36. The smallest absolute Gasteiger partial charge is 0.224 e. The van der Waals surface area contributed by atoms with E-state index >= 15 is 0 Å². The summed E-state index contributed by atoms with van der Waals surface area (Å²) in [6, 6.07) is 3.78. The van der Waals surface area contributed by atoms with Crippen LogP contribution in [0.1, 0.15) is 50.4 Å². The van der Waals surface area contributed by atoms with Crippen LogP contribution < -0.4 is 10.6 Å². The number of fused-ring (bicyclic) bond motifs is 1. The van der Waals surface area contributed by atoms with E-state index in [1.807, 2.05) is 26.0 Å². The summed E-state index contributed by atoms with van der Waals surface area (Å²) < 4.78 is 6.11. The van der Waals surface area contributed by atoms with Crippen molar-refractivity contribution in [1.82, 2.24) is 15.0 Å². The fourth-order valence-corrected chi connectivity index (χ4v) is 4.40. The van der Waals surface area contributed by atoms with Crippen LogP contribution in [0.4, 0.5) is 11.8 Å². The molecule has 1 saturated carbocycles. The highest BCUT2D eigenvalue weighted by Gasteiger charge is 2.33. The zero-order valence-electron chi connectivity index (χ0n) is 19.1. The van der Waals surface area contributed by atoms with Gasteiger partial charge in [0.2, 0.25) is 5.95 Å². The fourth-order valence-electron chi connectivity index (χ4n) is 4.40. The quantitative estimate of drug-likeness (QED) is 0.369. The average Bonchev–Trinajstić information content (AvgIpc) is 3.33. The molecule has 0 bridgehead atoms. The van der Waals surface area contributed by atoms with Crippen LogP contribution >= 0.6 is 0 Å². The number of hydrogen-bond acceptors (Lipinski definition) is 8. The molecule has 1 fully saturated rings. The molecule has 32 heavy (non-hydrogen) atoms. The van der Waals surface area contributed by atoms with Gasteiger partial charge in [-0.3, -0.25) is 4.98 Å². The molecule has 8 nitrogen and oxygen atoms in total. The highest BCUT2D eigenvalue weighted by molar-refractivity contribution is 5.86. The number of aromatic nitrogens is 3. The van der Waals surface area contributed by atoms with E-state index in [1.165, 1.54) is 0 Å². The summed E-state index contributed by atoms with van der Waals surface area (Å²) in [6.45, 7) is 6.95. The first-order chi connectivity index (χ1) is 15.5. The van der Waals surface area contributed by atoms with E-state index in [9.17, 15) is 10.2 Å². The van der Waals surface area contributed by atoms with Gasteiger partial charge >= 0.3 is 0 Å². The Morgan fingerprint density at radius 1 is 1.16 bits per heavy atom. The Morgan fingerprint density at radius 2 is 2.00 bits per heavy atom. The summed E-state index contributed by atoms with van der Waals surface area (Å²) in [5.41, 5.74) is 3.19. The summed E-state index contributed by atoms with van der Waals surface area (Å²) in [6.07, 6.45) is 5.80. The lowest BCUT2D eigenvalue weighted by Crippen LogP contribution is -2.29. The monoisotopic (exact) mass is 439 g/mol. The Bertz CT molecular complexity index is 1070. The van der Waals surface area contributed by atoms with Crippen LogP contribution in [0, 0.1) is 19.8 Å². The van der Waals surface area contributed by atoms with Crippen LogP contribution in [0.3, 0.4) is 0 Å². The molecular weight excluding hydrogens is 406 g/mol. The van der Waals surface area contributed by atoms with E-state index in [1.54, 1.807) is 6.20 Å². The molecule has 0 unspecified atom stereocenters. The average molecular weight is 440 g/mol. The van der Waals surface area contributed by atoms with Gasteiger partial charge in [0.25, 0.3) is 0 Å². The van der Waals surface area contributed by atoms with Gasteiger partial charge in [0.15, 0.2) is 5.58 Å². The second kappa shape index (κ2) is 9.83. The number of aryl methyl sites for hydroxylation is 2. The molecule has 0 saturated heterocycles. The lowest BCUT2D eigenvalue weighted by atomic mass is 10.1. The maximum absolute atomic E-state index is 10.5. The molecule has 0 aliphatic heterocycles. The third-order valence-electron chi connectivity index (χ3n) is 6.15. The molecule has 1 aliphatic rings. The minimum absolute atomic E-state index is 0.0745. The molecule has 1 aliphatic carbocycles. The molecule has 0 spiro atoms. The predicted octanol–water partition coefficient (Wildman–Crippen LogP) is 4.05. The summed E-state index contributed by atoms with van der Waals surface area (Å²) in [5.74, 6) is 1.93. The van der Waals surface area contributed by atoms with Crippen molar-refractivity contribution in [2.24, 2.45) is 5.92 Å². The first-order valence-corrected chi connectivity index (χ1v) is 11.5. The molecule has 3 heterocycles. The maximum Gasteiger partial charge on any atom is 0.224 e. The fraction of sp³-hybridized carbons (Fsp3) is 0.542. The molecule has 3 atom stereocenters. The van der Waals surface area contributed by atoms with Crippen molar-refractivity contribution in [3.63, 3.8) is 0 Å². The minimum Gasteiger partial charge on any atom is -0.454 e. The van der Waals surface area contributed by atoms with Gasteiger partial charge in [-0.25, -0.2) is 4.98 Å². The van der Waals surface area contributed by atoms with Gasteiger partial charge in [0.05, 0.1) is 29.6 Å². The Balaban J connectivity index is 1.69. The normalized spacial score (nSPS) is 20.7. The van der Waals surface area contributed by atoms with Crippen molar-refractivity contribution in [1.29, 1.82) is 0 Å². The molecule has 4 rings (SSSR count). The molecule has 3 aromatic heterocycles. The molecule has 0 radical (unpaired) electrons. The molecule has 172 valence electrons. The van der Waals surface area contributed by atoms with Gasteiger partial charge in [-0.15, -0.1) is 0 Å². The van der Waals surface area contributed by atoms with Gasteiger partial charge in [0, 0.05) is 24.2 Å². The number of aliphatic hydroxyl groups excluding tert-OH is 2. The standard InChI is InChI=1S/C24H33N5O3/c1-4-5-6-7-25-24-27-15(3)22(20-11-17-8-14(2)26-12-21(17)32-20)23(29-24)28-18-9-16(13-30)10-19(18)31/h8,11-12,16,18-19,30-31H,4-7,9-10,13H2,1-3H3,(H2,25,27,28,29)/t16-,18+,19+/m0/s1. The molecule has 0 amide bonds. The number of nitrogens with zero attached hydrogens (tertiary/aromatic N) is 3. The lowest BCUT2D eigenvalue weighted by Gasteiger charge is -2.20. The van der Waals surface area contributed by atoms with Crippen molar-refractivity contribution in [3.05, 3.63) is 29.7 Å². The number of anilines is 2. The van der Waals surface area contributed by atoms with Gasteiger partial charge in [0.1, 0.15) is 11.6 Å². The van der Waals surface area contributed by atoms with Crippen LogP contribution in [0.15, 0.2) is 22.7 Å². The third kappa shape index (κ3) is 4.86. The van der Waals surface area contributed by atoms with E-state index in [4.69, 9.17) is 9.40 Å². The van der Waals surface area contributed by atoms with Crippen molar-refractivity contribution in [2.75, 3.05) is 23.8 Å². The largest absolute Gasteiger partial charge is 0.454 e. The van der Waals surface area contributed by atoms with Crippen LogP contribution in [0.2, 0.25) is 0 Å². The maximum atomic E-state index is 10.5. The Morgan fingerprint density at radius 3 is 2.75 bits per heavy atom. The topological polar surface area (TPSA) is 116 Å². The van der Waals surface area contributed by atoms with Crippen LogP contribution in [0.5, 0.6) is 0 Å². The van der Waals surface area contributed by atoms with Gasteiger partial charge in [-0.2, -0.15) is 4.98 Å². The molecule has 3 aromatic rings. The minimum atomic E-state index is -0.543. The van der Waals surface area contributed by atoms with E-state index in [2.05, 4.69) is 27.5 Å². The molecule has 0 aromatic carbocycles. The summed E-state index contributed by atoms with van der Waals surface area (Å²) in [4.78, 5) is 13.8. The van der Waals surface area contributed by atoms with Gasteiger partial charge in [-0.1, -0.05) is 19.8 Å². The van der Waals surface area contributed by atoms with Gasteiger partial charge in [-0.05, 0) is 51.2 Å². The van der Waals surface area contributed by atoms with E-state index in [-0.39, 0.29) is 18.6 Å². The Kier molecular flexibility index (Phi) is 6.91. The number of aliphatic hydroxyl groups is 2. The Hall–Kier alpha value is -2.71. The number of hydrogen-bond donors (Lipinski definition) is 4. The van der Waals surface area contributed by atoms with Crippen molar-refractivity contribution >= 4 is 22.7 Å². The summed E-state index contributed by atoms with van der Waals surface area (Å²) >= 11 is 0. The number of unbranched alkanes of at least 4 members (excludes halogenated alkanes) is 2. The molecule has 4 N–H and O–H groups in total. The summed E-state index contributed by atoms with van der Waals surface area (Å²) in [5, 5.41) is 27.8. The highest BCUT2D eigenvalue weighted by atomic mass is 16.3. The van der Waals surface area contributed by atoms with E-state index in [0.29, 0.717) is 36.0 Å². The van der Waals surface area contributed by atoms with Crippen LogP contribution in [-0.2, 0) is 0 Å². The van der Waals surface area contributed by atoms with Crippen LogP contribution in [-0.4, -0.2) is 50.5 Å². The van der Waals surface area contributed by atoms with Crippen molar-refractivity contribution in [2.45, 2.75) is 65.0 Å². The third-order valence-corrected chi connectivity index (χ3v) is 6.15. The summed E-state index contributed by atoms with van der Waals surface area (Å²) in [7, 11) is 0.